The van der Waals surface area contributed by atoms with Crippen LogP contribution in [0.1, 0.15) is 47.0 Å². The van der Waals surface area contributed by atoms with Gasteiger partial charge in [-0.1, -0.05) is 20.3 Å². The van der Waals surface area contributed by atoms with Gasteiger partial charge in [0.25, 0.3) is 5.97 Å². The van der Waals surface area contributed by atoms with Gasteiger partial charge >= 0.3 is 0 Å². The summed E-state index contributed by atoms with van der Waals surface area (Å²) in [6, 6.07) is 0. The lowest BCUT2D eigenvalue weighted by molar-refractivity contribution is -0.341. The van der Waals surface area contributed by atoms with Crippen LogP contribution in [0.25, 0.3) is 0 Å². The number of hydrogen-bond acceptors (Lipinski definition) is 3. The fourth-order valence-electron chi connectivity index (χ4n) is 1.49. The Hall–Kier alpha value is -0.120. The van der Waals surface area contributed by atoms with Crippen molar-refractivity contribution >= 4 is 0 Å². The van der Waals surface area contributed by atoms with Gasteiger partial charge in [0.15, 0.2) is 0 Å². The van der Waals surface area contributed by atoms with Crippen molar-refractivity contribution in [2.24, 2.45) is 0 Å². The standard InChI is InChI=1S/C11H22O3/c1-5-7-8-12-11(6-2)13-9(3)10(4)14-11/h9-10H,5-8H2,1-4H3. The molecule has 3 heteroatoms. The summed E-state index contributed by atoms with van der Waals surface area (Å²) in [6.45, 7) is 8.92. The Labute approximate surface area is 86.7 Å². The van der Waals surface area contributed by atoms with Crippen LogP contribution in [0, 0.1) is 0 Å². The third-order valence-electron chi connectivity index (χ3n) is 2.64. The van der Waals surface area contributed by atoms with E-state index in [2.05, 4.69) is 6.92 Å². The van der Waals surface area contributed by atoms with Crippen LogP contribution in [0.4, 0.5) is 0 Å². The van der Waals surface area contributed by atoms with Crippen LogP contribution in [0.5, 0.6) is 0 Å². The molecule has 0 aromatic heterocycles. The highest BCUT2D eigenvalue weighted by atomic mass is 16.9. The van der Waals surface area contributed by atoms with Crippen LogP contribution < -0.4 is 0 Å². The normalized spacial score (nSPS) is 37.7. The van der Waals surface area contributed by atoms with Crippen molar-refractivity contribution in [1.82, 2.24) is 0 Å². The van der Waals surface area contributed by atoms with Gasteiger partial charge in [-0.05, 0) is 20.3 Å². The van der Waals surface area contributed by atoms with Crippen molar-refractivity contribution in [3.63, 3.8) is 0 Å². The minimum absolute atomic E-state index is 0.122. The lowest BCUT2D eigenvalue weighted by Crippen LogP contribution is -2.34. The monoisotopic (exact) mass is 202 g/mol. The molecule has 1 heterocycles. The van der Waals surface area contributed by atoms with Crippen LogP contribution in [0.15, 0.2) is 0 Å². The molecule has 0 aromatic carbocycles. The second-order valence-corrected chi connectivity index (χ2v) is 3.88. The topological polar surface area (TPSA) is 27.7 Å². The number of ether oxygens (including phenoxy) is 3. The average Bonchev–Trinajstić information content (AvgIpc) is 2.44. The fourth-order valence-corrected chi connectivity index (χ4v) is 1.49. The predicted octanol–water partition coefficient (Wildman–Crippen LogP) is 2.69. The molecule has 0 spiro atoms. The Morgan fingerprint density at radius 2 is 1.71 bits per heavy atom. The van der Waals surface area contributed by atoms with Gasteiger partial charge in [-0.2, -0.15) is 0 Å². The van der Waals surface area contributed by atoms with E-state index in [9.17, 15) is 0 Å². The third-order valence-corrected chi connectivity index (χ3v) is 2.64. The maximum Gasteiger partial charge on any atom is 0.283 e. The van der Waals surface area contributed by atoms with E-state index in [0.29, 0.717) is 6.61 Å². The average molecular weight is 202 g/mol. The van der Waals surface area contributed by atoms with Crippen molar-refractivity contribution < 1.29 is 14.2 Å². The van der Waals surface area contributed by atoms with E-state index in [1.807, 2.05) is 20.8 Å². The van der Waals surface area contributed by atoms with E-state index in [0.717, 1.165) is 19.3 Å². The summed E-state index contributed by atoms with van der Waals surface area (Å²) >= 11 is 0. The summed E-state index contributed by atoms with van der Waals surface area (Å²) in [5.41, 5.74) is 0. The Kier molecular flexibility index (Phi) is 4.35. The molecule has 0 saturated carbocycles. The smallest absolute Gasteiger partial charge is 0.283 e. The minimum Gasteiger partial charge on any atom is -0.327 e. The molecule has 0 bridgehead atoms. The summed E-state index contributed by atoms with van der Waals surface area (Å²) < 4.78 is 17.1. The summed E-state index contributed by atoms with van der Waals surface area (Å²) in [5.74, 6) is -0.770. The molecule has 0 N–H and O–H groups in total. The molecule has 1 rings (SSSR count). The fraction of sp³-hybridized carbons (Fsp3) is 1.00. The summed E-state index contributed by atoms with van der Waals surface area (Å²) in [7, 11) is 0. The lowest BCUT2D eigenvalue weighted by Gasteiger charge is -2.26. The predicted molar refractivity (Wildman–Crippen MR) is 55.0 cm³/mol. The maximum absolute atomic E-state index is 5.71. The number of unbranched alkanes of at least 4 members (excludes halogenated alkanes) is 1. The van der Waals surface area contributed by atoms with E-state index in [1.165, 1.54) is 0 Å². The highest BCUT2D eigenvalue weighted by Gasteiger charge is 2.43. The largest absolute Gasteiger partial charge is 0.327 e. The Balaban J connectivity index is 2.43. The molecule has 1 fully saturated rings. The van der Waals surface area contributed by atoms with Crippen LogP contribution in [-0.2, 0) is 14.2 Å². The summed E-state index contributed by atoms with van der Waals surface area (Å²) in [5, 5.41) is 0. The number of hydrogen-bond donors (Lipinski definition) is 0. The molecule has 0 aliphatic carbocycles. The van der Waals surface area contributed by atoms with E-state index < -0.39 is 5.97 Å². The Morgan fingerprint density at radius 3 is 2.14 bits per heavy atom. The molecule has 1 aliphatic rings. The van der Waals surface area contributed by atoms with E-state index >= 15 is 0 Å². The maximum atomic E-state index is 5.71. The molecule has 0 aromatic rings. The van der Waals surface area contributed by atoms with Gasteiger partial charge in [0.05, 0.1) is 18.8 Å². The molecule has 14 heavy (non-hydrogen) atoms. The molecular formula is C11H22O3. The SMILES string of the molecule is CCCCOC1(CC)OC(C)C(C)O1. The van der Waals surface area contributed by atoms with Crippen molar-refractivity contribution in [3.8, 4) is 0 Å². The van der Waals surface area contributed by atoms with E-state index in [-0.39, 0.29) is 12.2 Å². The molecular weight excluding hydrogens is 180 g/mol. The van der Waals surface area contributed by atoms with E-state index in [1.54, 1.807) is 0 Å². The van der Waals surface area contributed by atoms with Crippen molar-refractivity contribution in [3.05, 3.63) is 0 Å². The van der Waals surface area contributed by atoms with Gasteiger partial charge in [0, 0.05) is 6.42 Å². The second-order valence-electron chi connectivity index (χ2n) is 3.88. The van der Waals surface area contributed by atoms with Crippen LogP contribution in [-0.4, -0.2) is 24.8 Å². The molecule has 1 aliphatic heterocycles. The van der Waals surface area contributed by atoms with Crippen LogP contribution in [0.2, 0.25) is 0 Å². The zero-order chi connectivity index (χ0) is 10.6. The molecule has 2 unspecified atom stereocenters. The molecule has 0 radical (unpaired) electrons. The molecule has 1 saturated heterocycles. The van der Waals surface area contributed by atoms with Gasteiger partial charge in [-0.15, -0.1) is 0 Å². The molecule has 3 nitrogen and oxygen atoms in total. The van der Waals surface area contributed by atoms with Crippen molar-refractivity contribution in [2.75, 3.05) is 6.61 Å². The Bertz CT molecular complexity index is 160. The van der Waals surface area contributed by atoms with Crippen molar-refractivity contribution in [2.45, 2.75) is 65.1 Å². The first-order valence-electron chi connectivity index (χ1n) is 5.63. The first kappa shape index (κ1) is 12.0. The zero-order valence-electron chi connectivity index (χ0n) is 9.71. The van der Waals surface area contributed by atoms with Crippen LogP contribution >= 0.6 is 0 Å². The third kappa shape index (κ3) is 2.69. The highest BCUT2D eigenvalue weighted by Crippen LogP contribution is 2.32. The van der Waals surface area contributed by atoms with Gasteiger partial charge < -0.3 is 14.2 Å². The van der Waals surface area contributed by atoms with Crippen molar-refractivity contribution in [1.29, 1.82) is 0 Å². The second kappa shape index (κ2) is 5.10. The van der Waals surface area contributed by atoms with Gasteiger partial charge in [-0.25, -0.2) is 0 Å². The van der Waals surface area contributed by atoms with E-state index in [4.69, 9.17) is 14.2 Å². The Morgan fingerprint density at radius 1 is 1.14 bits per heavy atom. The van der Waals surface area contributed by atoms with Gasteiger partial charge in [0.2, 0.25) is 0 Å². The zero-order valence-corrected chi connectivity index (χ0v) is 9.71. The van der Waals surface area contributed by atoms with Gasteiger partial charge in [0.1, 0.15) is 0 Å². The van der Waals surface area contributed by atoms with Gasteiger partial charge in [-0.3, -0.25) is 0 Å². The summed E-state index contributed by atoms with van der Waals surface area (Å²) in [6.07, 6.45) is 3.17. The highest BCUT2D eigenvalue weighted by molar-refractivity contribution is 4.74. The molecule has 84 valence electrons. The molecule has 2 atom stereocenters. The number of rotatable bonds is 5. The minimum atomic E-state index is -0.770. The quantitative estimate of drug-likeness (QED) is 0.641. The summed E-state index contributed by atoms with van der Waals surface area (Å²) in [4.78, 5) is 0. The molecule has 0 amide bonds. The first-order valence-corrected chi connectivity index (χ1v) is 5.63. The lowest BCUT2D eigenvalue weighted by atomic mass is 10.3. The first-order chi connectivity index (χ1) is 6.63. The van der Waals surface area contributed by atoms with Crippen LogP contribution in [0.3, 0.4) is 0 Å².